The molecule has 1 unspecified atom stereocenters. The second-order valence-electron chi connectivity index (χ2n) is 7.85. The number of benzene rings is 3. The molecular weight excluding hydrogens is 448 g/mol. The molecule has 0 saturated carbocycles. The number of methoxy groups -OCH3 is 1. The van der Waals surface area contributed by atoms with Crippen LogP contribution in [0.5, 0.6) is 11.5 Å². The molecule has 0 bridgehead atoms. The summed E-state index contributed by atoms with van der Waals surface area (Å²) in [5, 5.41) is 22.3. The average molecular weight is 475 g/mol. The van der Waals surface area contributed by atoms with Gasteiger partial charge in [-0.05, 0) is 56.2 Å². The number of rotatable bonds is 7. The van der Waals surface area contributed by atoms with Gasteiger partial charge in [0.05, 0.1) is 23.6 Å². The minimum atomic E-state index is -0.464. The number of hydrogen-bond donors (Lipinski definition) is 2. The van der Waals surface area contributed by atoms with Crippen LogP contribution in [0.4, 0.5) is 5.69 Å². The molecule has 174 valence electrons. The summed E-state index contributed by atoms with van der Waals surface area (Å²) >= 11 is 1.28. The molecule has 0 radical (unpaired) electrons. The molecule has 0 aliphatic rings. The van der Waals surface area contributed by atoms with Crippen molar-refractivity contribution in [2.45, 2.75) is 31.2 Å². The molecule has 1 aromatic heterocycles. The Balaban J connectivity index is 1.72. The van der Waals surface area contributed by atoms with Crippen LogP contribution in [0.15, 0.2) is 71.9 Å². The first kappa shape index (κ1) is 23.4. The second kappa shape index (κ2) is 10.0. The van der Waals surface area contributed by atoms with Crippen molar-refractivity contribution >= 4 is 23.4 Å². The fourth-order valence-corrected chi connectivity index (χ4v) is 4.52. The van der Waals surface area contributed by atoms with E-state index < -0.39 is 5.25 Å². The van der Waals surface area contributed by atoms with Crippen molar-refractivity contribution in [1.82, 2.24) is 14.8 Å². The normalized spacial score (nSPS) is 11.8. The number of carbonyl (C=O) groups excluding carboxylic acids is 1. The Bertz CT molecular complexity index is 1320. The monoisotopic (exact) mass is 474 g/mol. The minimum absolute atomic E-state index is 0.0865. The van der Waals surface area contributed by atoms with Crippen LogP contribution in [0.3, 0.4) is 0 Å². The zero-order valence-electron chi connectivity index (χ0n) is 19.4. The van der Waals surface area contributed by atoms with Crippen molar-refractivity contribution in [2.75, 3.05) is 12.4 Å². The van der Waals surface area contributed by atoms with Crippen molar-refractivity contribution in [1.29, 1.82) is 0 Å². The molecule has 0 spiro atoms. The van der Waals surface area contributed by atoms with E-state index in [0.717, 1.165) is 16.8 Å². The number of carbonyl (C=O) groups is 1. The fourth-order valence-electron chi connectivity index (χ4n) is 3.66. The maximum absolute atomic E-state index is 13.1. The molecular formula is C26H26N4O3S. The lowest BCUT2D eigenvalue weighted by Crippen LogP contribution is -2.23. The molecule has 1 heterocycles. The highest BCUT2D eigenvalue weighted by Gasteiger charge is 2.25. The largest absolute Gasteiger partial charge is 0.507 e. The lowest BCUT2D eigenvalue weighted by atomic mass is 10.1. The van der Waals surface area contributed by atoms with Crippen molar-refractivity contribution < 1.29 is 14.6 Å². The highest BCUT2D eigenvalue weighted by Crippen LogP contribution is 2.36. The van der Waals surface area contributed by atoms with E-state index in [-0.39, 0.29) is 11.7 Å². The van der Waals surface area contributed by atoms with Crippen molar-refractivity contribution in [2.24, 2.45) is 0 Å². The molecule has 3 aromatic carbocycles. The molecule has 0 fully saturated rings. The fraction of sp³-hybridized carbons (Fsp3) is 0.192. The predicted molar refractivity (Wildman–Crippen MR) is 135 cm³/mol. The van der Waals surface area contributed by atoms with Crippen molar-refractivity contribution in [3.8, 4) is 28.6 Å². The van der Waals surface area contributed by atoms with Crippen LogP contribution < -0.4 is 10.1 Å². The van der Waals surface area contributed by atoms with Gasteiger partial charge < -0.3 is 15.2 Å². The number of aromatic hydroxyl groups is 1. The summed E-state index contributed by atoms with van der Waals surface area (Å²) in [7, 11) is 1.59. The summed E-state index contributed by atoms with van der Waals surface area (Å²) in [6.45, 7) is 5.77. The van der Waals surface area contributed by atoms with Crippen LogP contribution in [0.25, 0.3) is 17.1 Å². The Labute approximate surface area is 202 Å². The molecule has 0 saturated heterocycles. The molecule has 4 aromatic rings. The Hall–Kier alpha value is -3.78. The van der Waals surface area contributed by atoms with Gasteiger partial charge in [-0.2, -0.15) is 0 Å². The number of thioether (sulfide) groups is 1. The standard InChI is InChI=1S/C26H26N4O3S/c1-16-10-9-11-17(2)23(16)27-25(32)18(3)34-26-29-28-24(19-12-5-7-14-21(19)31)30(26)20-13-6-8-15-22(20)33-4/h5-15,18,31H,1-4H3,(H,27,32). The van der Waals surface area contributed by atoms with Gasteiger partial charge in [-0.15, -0.1) is 10.2 Å². The van der Waals surface area contributed by atoms with E-state index in [1.807, 2.05) is 69.3 Å². The molecule has 4 rings (SSSR count). The van der Waals surface area contributed by atoms with Crippen LogP contribution in [-0.4, -0.2) is 38.1 Å². The van der Waals surface area contributed by atoms with E-state index in [4.69, 9.17) is 4.74 Å². The van der Waals surface area contributed by atoms with Gasteiger partial charge in [0.15, 0.2) is 11.0 Å². The summed E-state index contributed by atoms with van der Waals surface area (Å²) in [5.74, 6) is 1.02. The molecule has 34 heavy (non-hydrogen) atoms. The minimum Gasteiger partial charge on any atom is -0.507 e. The summed E-state index contributed by atoms with van der Waals surface area (Å²) < 4.78 is 7.38. The lowest BCUT2D eigenvalue weighted by molar-refractivity contribution is -0.115. The maximum atomic E-state index is 13.1. The van der Waals surface area contributed by atoms with Gasteiger partial charge in [-0.25, -0.2) is 0 Å². The zero-order chi connectivity index (χ0) is 24.2. The SMILES string of the molecule is COc1ccccc1-n1c(SC(C)C(=O)Nc2c(C)cccc2C)nnc1-c1ccccc1O. The van der Waals surface area contributed by atoms with Crippen LogP contribution >= 0.6 is 11.8 Å². The molecule has 7 nitrogen and oxygen atoms in total. The van der Waals surface area contributed by atoms with E-state index in [9.17, 15) is 9.90 Å². The number of ether oxygens (including phenoxy) is 1. The van der Waals surface area contributed by atoms with Crippen molar-refractivity contribution in [3.05, 3.63) is 77.9 Å². The molecule has 0 aliphatic heterocycles. The first-order valence-corrected chi connectivity index (χ1v) is 11.7. The smallest absolute Gasteiger partial charge is 0.237 e. The predicted octanol–water partition coefficient (Wildman–Crippen LogP) is 5.38. The first-order valence-electron chi connectivity index (χ1n) is 10.8. The highest BCUT2D eigenvalue weighted by atomic mass is 32.2. The van der Waals surface area contributed by atoms with Gasteiger partial charge in [0, 0.05) is 5.69 Å². The second-order valence-corrected chi connectivity index (χ2v) is 9.15. The topological polar surface area (TPSA) is 89.3 Å². The van der Waals surface area contributed by atoms with E-state index in [0.29, 0.717) is 28.0 Å². The quantitative estimate of drug-likeness (QED) is 0.349. The number of phenolic OH excluding ortho intramolecular Hbond substituents is 1. The number of amides is 1. The molecule has 1 amide bonds. The summed E-state index contributed by atoms with van der Waals surface area (Å²) in [5.41, 5.74) is 4.06. The summed E-state index contributed by atoms with van der Waals surface area (Å²) in [4.78, 5) is 13.1. The number of aromatic nitrogens is 3. The van der Waals surface area contributed by atoms with Gasteiger partial charge in [-0.3, -0.25) is 9.36 Å². The van der Waals surface area contributed by atoms with Gasteiger partial charge >= 0.3 is 0 Å². The number of phenols is 1. The summed E-state index contributed by atoms with van der Waals surface area (Å²) in [6, 6.07) is 20.3. The highest BCUT2D eigenvalue weighted by molar-refractivity contribution is 8.00. The number of hydrogen-bond acceptors (Lipinski definition) is 6. The number of anilines is 1. The van der Waals surface area contributed by atoms with Gasteiger partial charge in [-0.1, -0.05) is 54.2 Å². The third kappa shape index (κ3) is 4.63. The summed E-state index contributed by atoms with van der Waals surface area (Å²) in [6.07, 6.45) is 0. The lowest BCUT2D eigenvalue weighted by Gasteiger charge is -2.17. The van der Waals surface area contributed by atoms with E-state index in [2.05, 4.69) is 15.5 Å². The molecule has 0 aliphatic carbocycles. The van der Waals surface area contributed by atoms with E-state index in [1.165, 1.54) is 11.8 Å². The van der Waals surface area contributed by atoms with Gasteiger partial charge in [0.25, 0.3) is 0 Å². The zero-order valence-corrected chi connectivity index (χ0v) is 20.3. The van der Waals surface area contributed by atoms with E-state index in [1.54, 1.807) is 29.9 Å². The Morgan fingerprint density at radius 1 is 1.00 bits per heavy atom. The number of aryl methyl sites for hydroxylation is 2. The Morgan fingerprint density at radius 2 is 1.68 bits per heavy atom. The maximum Gasteiger partial charge on any atom is 0.237 e. The molecule has 1 atom stereocenters. The first-order chi connectivity index (χ1) is 16.4. The number of nitrogens with zero attached hydrogens (tertiary/aromatic N) is 3. The van der Waals surface area contributed by atoms with Crippen LogP contribution in [0.2, 0.25) is 0 Å². The van der Waals surface area contributed by atoms with Crippen LogP contribution in [0.1, 0.15) is 18.1 Å². The van der Waals surface area contributed by atoms with Crippen molar-refractivity contribution in [3.63, 3.8) is 0 Å². The molecule has 8 heteroatoms. The van der Waals surface area contributed by atoms with Gasteiger partial charge in [0.2, 0.25) is 5.91 Å². The molecule has 2 N–H and O–H groups in total. The third-order valence-electron chi connectivity index (χ3n) is 5.49. The van der Waals surface area contributed by atoms with Gasteiger partial charge in [0.1, 0.15) is 11.5 Å². The number of nitrogens with one attached hydrogen (secondary N) is 1. The third-order valence-corrected chi connectivity index (χ3v) is 6.53. The van der Waals surface area contributed by atoms with Crippen LogP contribution in [0, 0.1) is 13.8 Å². The Kier molecular flexibility index (Phi) is 6.88. The average Bonchev–Trinajstić information content (AvgIpc) is 3.24. The van der Waals surface area contributed by atoms with Crippen LogP contribution in [-0.2, 0) is 4.79 Å². The Morgan fingerprint density at radius 3 is 2.38 bits per heavy atom. The van der Waals surface area contributed by atoms with E-state index >= 15 is 0 Å². The number of para-hydroxylation sites is 4.